The Balaban J connectivity index is 1.31. The van der Waals surface area contributed by atoms with E-state index in [1.807, 2.05) is 48.5 Å². The molecule has 0 atom stereocenters. The van der Waals surface area contributed by atoms with Crippen molar-refractivity contribution in [1.82, 2.24) is 20.3 Å². The zero-order valence-corrected chi connectivity index (χ0v) is 25.6. The molecule has 1 aliphatic rings. The predicted octanol–water partition coefficient (Wildman–Crippen LogP) is 3.88. The lowest BCUT2D eigenvalue weighted by molar-refractivity contribution is -0.120. The van der Waals surface area contributed by atoms with Crippen molar-refractivity contribution < 1.29 is 19.0 Å². The van der Waals surface area contributed by atoms with Gasteiger partial charge in [0.05, 0.1) is 40.0 Å². The van der Waals surface area contributed by atoms with Gasteiger partial charge in [0.15, 0.2) is 0 Å². The summed E-state index contributed by atoms with van der Waals surface area (Å²) in [6, 6.07) is 15.5. The van der Waals surface area contributed by atoms with Crippen LogP contribution in [0.15, 0.2) is 48.5 Å². The lowest BCUT2D eigenvalue weighted by Crippen LogP contribution is -2.29. The molecule has 0 aliphatic heterocycles. The number of nitrogens with two attached hydrogens (primary N) is 1. The normalized spacial score (nSPS) is 13.3. The van der Waals surface area contributed by atoms with E-state index in [9.17, 15) is 4.79 Å². The second-order valence-electron chi connectivity index (χ2n) is 10.8. The van der Waals surface area contributed by atoms with Crippen molar-refractivity contribution in [3.05, 3.63) is 59.7 Å². The predicted molar refractivity (Wildman–Crippen MR) is 172 cm³/mol. The van der Waals surface area contributed by atoms with Crippen molar-refractivity contribution in [2.24, 2.45) is 11.7 Å². The molecule has 12 heteroatoms. The van der Waals surface area contributed by atoms with E-state index in [4.69, 9.17) is 19.9 Å². The third kappa shape index (κ3) is 11.9. The smallest absolute Gasteiger partial charge is 0.233 e. The van der Waals surface area contributed by atoms with E-state index in [1.54, 1.807) is 7.11 Å². The molecule has 0 saturated heterocycles. The maximum Gasteiger partial charge on any atom is 0.233 e. The summed E-state index contributed by atoms with van der Waals surface area (Å²) < 4.78 is 16.0. The molecule has 238 valence electrons. The fourth-order valence-corrected chi connectivity index (χ4v) is 4.93. The fraction of sp³-hybridized carbons (Fsp3) is 0.500. The minimum atomic E-state index is -0.0633. The van der Waals surface area contributed by atoms with Gasteiger partial charge < -0.3 is 41.2 Å². The first kappa shape index (κ1) is 32.9. The minimum Gasteiger partial charge on any atom is -0.497 e. The highest BCUT2D eigenvalue weighted by molar-refractivity contribution is 5.78. The SMILES string of the molecule is COc1cccc(CNc2nc(NCC3CCCCC3)nc(Nc3ccc(CC(=O)NCCOCCOCCN)cc3)n2)c1. The number of carbonyl (C=O) groups is 1. The van der Waals surface area contributed by atoms with Crippen LogP contribution in [0.1, 0.15) is 43.2 Å². The lowest BCUT2D eigenvalue weighted by Gasteiger charge is -2.21. The van der Waals surface area contributed by atoms with Crippen LogP contribution < -0.4 is 31.7 Å². The number of nitrogens with zero attached hydrogens (tertiary/aromatic N) is 3. The van der Waals surface area contributed by atoms with Gasteiger partial charge in [-0.2, -0.15) is 15.0 Å². The molecular formula is C32H46N8O4. The number of anilines is 4. The minimum absolute atomic E-state index is 0.0633. The topological polar surface area (TPSA) is 158 Å². The highest BCUT2D eigenvalue weighted by Crippen LogP contribution is 2.24. The van der Waals surface area contributed by atoms with Crippen LogP contribution in [-0.4, -0.2) is 74.0 Å². The summed E-state index contributed by atoms with van der Waals surface area (Å²) in [5, 5.41) is 12.9. The van der Waals surface area contributed by atoms with Crippen molar-refractivity contribution in [2.45, 2.75) is 45.1 Å². The zero-order chi connectivity index (χ0) is 30.8. The van der Waals surface area contributed by atoms with Crippen LogP contribution in [0.25, 0.3) is 0 Å². The first-order valence-corrected chi connectivity index (χ1v) is 15.5. The molecule has 1 saturated carbocycles. The summed E-state index contributed by atoms with van der Waals surface area (Å²) >= 11 is 0. The molecule has 4 rings (SSSR count). The first-order valence-electron chi connectivity index (χ1n) is 15.5. The number of nitrogens with one attached hydrogen (secondary N) is 4. The number of hydrogen-bond donors (Lipinski definition) is 5. The molecule has 3 aromatic rings. The molecule has 1 aromatic heterocycles. The van der Waals surface area contributed by atoms with Gasteiger partial charge in [-0.3, -0.25) is 4.79 Å². The largest absolute Gasteiger partial charge is 0.497 e. The van der Waals surface area contributed by atoms with E-state index in [-0.39, 0.29) is 12.3 Å². The Kier molecular flexibility index (Phi) is 13.9. The van der Waals surface area contributed by atoms with Crippen molar-refractivity contribution in [3.8, 4) is 5.75 Å². The highest BCUT2D eigenvalue weighted by Gasteiger charge is 2.15. The number of aromatic nitrogens is 3. The van der Waals surface area contributed by atoms with Crippen LogP contribution in [0.2, 0.25) is 0 Å². The fourth-order valence-electron chi connectivity index (χ4n) is 4.93. The van der Waals surface area contributed by atoms with Gasteiger partial charge in [0, 0.05) is 31.9 Å². The molecule has 6 N–H and O–H groups in total. The Morgan fingerprint density at radius 1 is 0.864 bits per heavy atom. The monoisotopic (exact) mass is 606 g/mol. The molecule has 0 bridgehead atoms. The van der Waals surface area contributed by atoms with Gasteiger partial charge in [-0.25, -0.2) is 0 Å². The molecule has 0 spiro atoms. The van der Waals surface area contributed by atoms with E-state index in [0.29, 0.717) is 69.8 Å². The quantitative estimate of drug-likeness (QED) is 0.126. The van der Waals surface area contributed by atoms with Gasteiger partial charge in [0.1, 0.15) is 5.75 Å². The number of rotatable bonds is 19. The first-order chi connectivity index (χ1) is 21.6. The van der Waals surface area contributed by atoms with Crippen LogP contribution in [-0.2, 0) is 27.2 Å². The third-order valence-electron chi connectivity index (χ3n) is 7.27. The van der Waals surface area contributed by atoms with E-state index >= 15 is 0 Å². The molecule has 1 heterocycles. The molecule has 12 nitrogen and oxygen atoms in total. The van der Waals surface area contributed by atoms with Crippen LogP contribution in [0.3, 0.4) is 0 Å². The zero-order valence-electron chi connectivity index (χ0n) is 25.6. The average molecular weight is 607 g/mol. The molecule has 1 amide bonds. The Bertz CT molecular complexity index is 1270. The lowest BCUT2D eigenvalue weighted by atomic mass is 9.89. The molecule has 0 unspecified atom stereocenters. The maximum atomic E-state index is 12.3. The summed E-state index contributed by atoms with van der Waals surface area (Å²) in [5.41, 5.74) is 8.13. The Morgan fingerprint density at radius 2 is 1.59 bits per heavy atom. The van der Waals surface area contributed by atoms with Crippen LogP contribution >= 0.6 is 0 Å². The Labute approximate surface area is 259 Å². The van der Waals surface area contributed by atoms with E-state index < -0.39 is 0 Å². The molecule has 0 radical (unpaired) electrons. The van der Waals surface area contributed by atoms with Gasteiger partial charge in [-0.05, 0) is 54.2 Å². The molecule has 44 heavy (non-hydrogen) atoms. The maximum absolute atomic E-state index is 12.3. The standard InChI is InChI=1S/C32H46N8O4/c1-42-28-9-5-8-26(20-28)23-36-31-38-30(35-22-25-6-3-2-4-7-25)39-32(40-31)37-27-12-10-24(11-13-27)21-29(41)34-15-17-44-19-18-43-16-14-33/h5,8-13,20,25H,2-4,6-7,14-19,21-23,33H2,1H3,(H,34,41)(H3,35,36,37,38,39,40). The van der Waals surface area contributed by atoms with Crippen LogP contribution in [0.4, 0.5) is 23.5 Å². The van der Waals surface area contributed by atoms with Crippen molar-refractivity contribution in [2.75, 3.05) is 69.1 Å². The van der Waals surface area contributed by atoms with Crippen LogP contribution in [0.5, 0.6) is 5.75 Å². The third-order valence-corrected chi connectivity index (χ3v) is 7.27. The molecule has 1 aliphatic carbocycles. The summed E-state index contributed by atoms with van der Waals surface area (Å²) in [6.45, 7) is 4.23. The van der Waals surface area contributed by atoms with E-state index in [0.717, 1.165) is 29.1 Å². The van der Waals surface area contributed by atoms with Gasteiger partial charge in [-0.15, -0.1) is 0 Å². The Morgan fingerprint density at radius 3 is 2.34 bits per heavy atom. The van der Waals surface area contributed by atoms with Gasteiger partial charge in [-0.1, -0.05) is 43.5 Å². The van der Waals surface area contributed by atoms with Gasteiger partial charge in [0.2, 0.25) is 23.8 Å². The summed E-state index contributed by atoms with van der Waals surface area (Å²) in [6.07, 6.45) is 6.61. The number of hydrogen-bond acceptors (Lipinski definition) is 11. The van der Waals surface area contributed by atoms with Crippen molar-refractivity contribution in [1.29, 1.82) is 0 Å². The Hall–Kier alpha value is -4.00. The molecular weight excluding hydrogens is 560 g/mol. The van der Waals surface area contributed by atoms with Gasteiger partial charge >= 0.3 is 0 Å². The number of carbonyl (C=O) groups excluding carboxylic acids is 1. The number of amides is 1. The van der Waals surface area contributed by atoms with Crippen molar-refractivity contribution in [3.63, 3.8) is 0 Å². The average Bonchev–Trinajstić information content (AvgIpc) is 3.05. The second kappa shape index (κ2) is 18.6. The summed E-state index contributed by atoms with van der Waals surface area (Å²) in [5.74, 6) is 2.79. The van der Waals surface area contributed by atoms with E-state index in [1.165, 1.54) is 32.1 Å². The summed E-state index contributed by atoms with van der Waals surface area (Å²) in [7, 11) is 1.66. The van der Waals surface area contributed by atoms with Gasteiger partial charge in [0.25, 0.3) is 0 Å². The number of methoxy groups -OCH3 is 1. The molecule has 2 aromatic carbocycles. The number of ether oxygens (including phenoxy) is 3. The summed E-state index contributed by atoms with van der Waals surface area (Å²) in [4.78, 5) is 26.2. The number of benzene rings is 2. The second-order valence-corrected chi connectivity index (χ2v) is 10.8. The molecule has 1 fully saturated rings. The van der Waals surface area contributed by atoms with Crippen molar-refractivity contribution >= 4 is 29.4 Å². The van der Waals surface area contributed by atoms with E-state index in [2.05, 4.69) is 36.2 Å². The highest BCUT2D eigenvalue weighted by atomic mass is 16.5. The van der Waals surface area contributed by atoms with Crippen LogP contribution in [0, 0.1) is 5.92 Å².